The van der Waals surface area contributed by atoms with E-state index in [1.54, 1.807) is 0 Å². The van der Waals surface area contributed by atoms with Gasteiger partial charge in [-0.05, 0) is 38.5 Å². The molecule has 0 radical (unpaired) electrons. The number of carbonyl (C=O) groups excluding carboxylic acids is 2. The first-order valence-corrected chi connectivity index (χ1v) is 29.9. The molecule has 0 saturated heterocycles. The monoisotopic (exact) mass is 956 g/mol. The van der Waals surface area contributed by atoms with Crippen molar-refractivity contribution >= 4 is 19.8 Å². The molecule has 0 aromatic rings. The Hall–Kier alpha value is -1.25. The van der Waals surface area contributed by atoms with E-state index in [9.17, 15) is 19.0 Å². The highest BCUT2D eigenvalue weighted by molar-refractivity contribution is 7.45. The van der Waals surface area contributed by atoms with Crippen LogP contribution in [0.25, 0.3) is 0 Å². The number of hydrogen-bond donors (Lipinski definition) is 0. The van der Waals surface area contributed by atoms with Crippen molar-refractivity contribution in [1.29, 1.82) is 0 Å². The summed E-state index contributed by atoms with van der Waals surface area (Å²) in [7, 11) is 1.18. The van der Waals surface area contributed by atoms with Crippen LogP contribution in [0.1, 0.15) is 284 Å². The van der Waals surface area contributed by atoms with Crippen molar-refractivity contribution in [2.24, 2.45) is 0 Å². The normalized spacial score (nSPS) is 13.4. The number of esters is 2. The van der Waals surface area contributed by atoms with Crippen LogP contribution in [-0.2, 0) is 32.7 Å². The highest BCUT2D eigenvalue weighted by atomic mass is 31.2. The zero-order chi connectivity index (χ0) is 48.5. The van der Waals surface area contributed by atoms with Crippen LogP contribution in [0, 0.1) is 0 Å². The minimum Gasteiger partial charge on any atom is -0.756 e. The molecule has 0 amide bonds. The molecule has 2 atom stereocenters. The maximum atomic E-state index is 12.8. The van der Waals surface area contributed by atoms with Crippen LogP contribution in [0.2, 0.25) is 0 Å². The summed E-state index contributed by atoms with van der Waals surface area (Å²) in [6.07, 6.45) is 55.5. The molecule has 0 saturated carbocycles. The first kappa shape index (κ1) is 64.8. The minimum absolute atomic E-state index is 0.0265. The summed E-state index contributed by atoms with van der Waals surface area (Å²) in [5.74, 6) is -0.816. The van der Waals surface area contributed by atoms with Crippen molar-refractivity contribution < 1.29 is 42.1 Å². The minimum atomic E-state index is -4.62. The molecular formula is C56H110NO8P. The Morgan fingerprint density at radius 2 is 0.773 bits per heavy atom. The van der Waals surface area contributed by atoms with Crippen LogP contribution < -0.4 is 4.89 Å². The molecular weight excluding hydrogens is 846 g/mol. The number of quaternary nitrogens is 1. The van der Waals surface area contributed by atoms with Crippen molar-refractivity contribution in [2.45, 2.75) is 290 Å². The van der Waals surface area contributed by atoms with Crippen LogP contribution in [-0.4, -0.2) is 70.0 Å². The van der Waals surface area contributed by atoms with E-state index in [0.29, 0.717) is 17.4 Å². The maximum absolute atomic E-state index is 12.8. The molecule has 2 unspecified atom stereocenters. The van der Waals surface area contributed by atoms with Gasteiger partial charge in [-0.2, -0.15) is 0 Å². The van der Waals surface area contributed by atoms with E-state index in [1.165, 1.54) is 218 Å². The fourth-order valence-corrected chi connectivity index (χ4v) is 9.09. The summed E-state index contributed by atoms with van der Waals surface area (Å²) in [6, 6.07) is 0. The third-order valence-electron chi connectivity index (χ3n) is 12.8. The number of hydrogen-bond acceptors (Lipinski definition) is 8. The second kappa shape index (κ2) is 48.8. The Kier molecular flexibility index (Phi) is 47.8. The lowest BCUT2D eigenvalue weighted by Gasteiger charge is -2.28. The molecule has 0 aromatic carbocycles. The Labute approximate surface area is 409 Å². The standard InChI is InChI=1S/C56H110NO8P/c1-6-8-10-12-14-16-18-20-21-22-23-24-25-26-27-28-29-30-31-32-33-34-35-37-39-41-43-45-47-49-56(59)65-54(53-64-66(60,61)63-51-50-57(3,4)5)52-62-55(58)48-46-44-42-40-38-36-19-17-15-13-11-9-7-2/h22-23,54H,6-21,24-53H2,1-5H3/b23-22-. The summed E-state index contributed by atoms with van der Waals surface area (Å²) in [6.45, 7) is 4.28. The third-order valence-corrected chi connectivity index (χ3v) is 13.7. The van der Waals surface area contributed by atoms with Gasteiger partial charge in [0, 0.05) is 12.8 Å². The maximum Gasteiger partial charge on any atom is 0.306 e. The van der Waals surface area contributed by atoms with Crippen molar-refractivity contribution in [3.63, 3.8) is 0 Å². The first-order valence-electron chi connectivity index (χ1n) is 28.4. The smallest absolute Gasteiger partial charge is 0.306 e. The van der Waals surface area contributed by atoms with Crippen LogP contribution in [0.4, 0.5) is 0 Å². The van der Waals surface area contributed by atoms with Gasteiger partial charge >= 0.3 is 11.9 Å². The predicted molar refractivity (Wildman–Crippen MR) is 278 cm³/mol. The fourth-order valence-electron chi connectivity index (χ4n) is 8.36. The van der Waals surface area contributed by atoms with E-state index in [4.69, 9.17) is 18.5 Å². The lowest BCUT2D eigenvalue weighted by Crippen LogP contribution is -2.37. The second-order valence-corrected chi connectivity index (χ2v) is 22.1. The largest absolute Gasteiger partial charge is 0.756 e. The number of unbranched alkanes of at least 4 members (excludes halogenated alkanes) is 37. The Bertz CT molecular complexity index is 1130. The predicted octanol–water partition coefficient (Wildman–Crippen LogP) is 16.6. The number of ether oxygens (including phenoxy) is 2. The summed E-state index contributed by atoms with van der Waals surface area (Å²) in [5, 5.41) is 0. The molecule has 0 aliphatic rings. The van der Waals surface area contributed by atoms with Crippen molar-refractivity contribution in [2.75, 3.05) is 47.5 Å². The van der Waals surface area contributed by atoms with Gasteiger partial charge in [-0.15, -0.1) is 0 Å². The van der Waals surface area contributed by atoms with Gasteiger partial charge in [-0.25, -0.2) is 0 Å². The van der Waals surface area contributed by atoms with Gasteiger partial charge in [0.25, 0.3) is 7.82 Å². The summed E-state index contributed by atoms with van der Waals surface area (Å²) < 4.78 is 34.1. The van der Waals surface area contributed by atoms with Crippen LogP contribution in [0.3, 0.4) is 0 Å². The van der Waals surface area contributed by atoms with E-state index < -0.39 is 26.5 Å². The summed E-state index contributed by atoms with van der Waals surface area (Å²) in [5.41, 5.74) is 0. The SMILES string of the molecule is CCCCCCCCCC/C=C\CCCCCCCCCCCCCCCCCCCC(=O)OC(COC(=O)CCCCCCCCCCCCCCC)COP(=O)([O-])OCC[N+](C)(C)C. The van der Waals surface area contributed by atoms with Crippen molar-refractivity contribution in [1.82, 2.24) is 0 Å². The second-order valence-electron chi connectivity index (χ2n) is 20.7. The quantitative estimate of drug-likeness (QED) is 0.0195. The molecule has 0 bridgehead atoms. The number of rotatable bonds is 53. The lowest BCUT2D eigenvalue weighted by molar-refractivity contribution is -0.870. The molecule has 0 aromatic heterocycles. The number of carbonyl (C=O) groups is 2. The van der Waals surface area contributed by atoms with Crippen molar-refractivity contribution in [3.8, 4) is 0 Å². The van der Waals surface area contributed by atoms with Crippen LogP contribution in [0.15, 0.2) is 12.2 Å². The van der Waals surface area contributed by atoms with Crippen LogP contribution >= 0.6 is 7.82 Å². The Morgan fingerprint density at radius 3 is 1.12 bits per heavy atom. The third kappa shape index (κ3) is 52.1. The molecule has 0 rings (SSSR count). The van der Waals surface area contributed by atoms with Gasteiger partial charge in [0.2, 0.25) is 0 Å². The molecule has 0 aliphatic heterocycles. The summed E-state index contributed by atoms with van der Waals surface area (Å²) >= 11 is 0. The molecule has 0 spiro atoms. The molecule has 66 heavy (non-hydrogen) atoms. The first-order chi connectivity index (χ1) is 32.0. The van der Waals surface area contributed by atoms with E-state index in [0.717, 1.165) is 32.1 Å². The number of phosphoric acid groups is 1. The highest BCUT2D eigenvalue weighted by Gasteiger charge is 2.22. The van der Waals surface area contributed by atoms with Gasteiger partial charge in [0.15, 0.2) is 6.10 Å². The van der Waals surface area contributed by atoms with Gasteiger partial charge in [-0.1, -0.05) is 244 Å². The van der Waals surface area contributed by atoms with Crippen molar-refractivity contribution in [3.05, 3.63) is 12.2 Å². The van der Waals surface area contributed by atoms with E-state index in [-0.39, 0.29) is 32.0 Å². The Morgan fingerprint density at radius 1 is 0.455 bits per heavy atom. The van der Waals surface area contributed by atoms with Gasteiger partial charge in [0.05, 0.1) is 27.7 Å². The van der Waals surface area contributed by atoms with Crippen LogP contribution in [0.5, 0.6) is 0 Å². The zero-order valence-corrected chi connectivity index (χ0v) is 45.3. The van der Waals surface area contributed by atoms with Gasteiger partial charge < -0.3 is 27.9 Å². The van der Waals surface area contributed by atoms with E-state index in [2.05, 4.69) is 26.0 Å². The number of nitrogens with zero attached hydrogens (tertiary/aromatic N) is 1. The highest BCUT2D eigenvalue weighted by Crippen LogP contribution is 2.38. The Balaban J connectivity index is 4.03. The molecule has 0 heterocycles. The number of phosphoric ester groups is 1. The number of likely N-dealkylation sites (N-methyl/N-ethyl adjacent to an activating group) is 1. The molecule has 0 aliphatic carbocycles. The summed E-state index contributed by atoms with van der Waals surface area (Å²) in [4.78, 5) is 37.7. The van der Waals surface area contributed by atoms with Gasteiger partial charge in [-0.3, -0.25) is 14.2 Å². The molecule has 9 nitrogen and oxygen atoms in total. The topological polar surface area (TPSA) is 111 Å². The fraction of sp³-hybridized carbons (Fsp3) is 0.929. The van der Waals surface area contributed by atoms with E-state index >= 15 is 0 Å². The van der Waals surface area contributed by atoms with E-state index in [1.807, 2.05) is 21.1 Å². The zero-order valence-electron chi connectivity index (χ0n) is 44.4. The molecule has 0 fully saturated rings. The average molecular weight is 956 g/mol. The lowest BCUT2D eigenvalue weighted by atomic mass is 10.0. The molecule has 0 N–H and O–H groups in total. The molecule has 10 heteroatoms. The number of allylic oxidation sites excluding steroid dienone is 2. The average Bonchev–Trinajstić information content (AvgIpc) is 3.27. The van der Waals surface area contributed by atoms with Gasteiger partial charge in [0.1, 0.15) is 19.8 Å². The molecule has 392 valence electrons.